The van der Waals surface area contributed by atoms with E-state index >= 15 is 0 Å². The van der Waals surface area contributed by atoms with Crippen molar-refractivity contribution in [3.05, 3.63) is 0 Å². The number of hydrogen-bond acceptors (Lipinski definition) is 4. The maximum Gasteiger partial charge on any atom is 0.150 e. The Labute approximate surface area is 80.3 Å². The van der Waals surface area contributed by atoms with Gasteiger partial charge in [-0.15, -0.1) is 0 Å². The highest BCUT2D eigenvalue weighted by atomic mass is 32.2. The molecule has 2 N–H and O–H groups in total. The van der Waals surface area contributed by atoms with E-state index in [9.17, 15) is 13.5 Å². The van der Waals surface area contributed by atoms with Crippen molar-refractivity contribution in [3.63, 3.8) is 0 Å². The Kier molecular flexibility index (Phi) is 4.35. The van der Waals surface area contributed by atoms with Crippen molar-refractivity contribution in [2.45, 2.75) is 32.4 Å². The van der Waals surface area contributed by atoms with Gasteiger partial charge in [0.2, 0.25) is 0 Å². The van der Waals surface area contributed by atoms with E-state index in [2.05, 4.69) is 5.32 Å². The average Bonchev–Trinajstić information content (AvgIpc) is 1.78. The molecule has 5 heteroatoms. The van der Waals surface area contributed by atoms with Crippen LogP contribution in [-0.4, -0.2) is 43.7 Å². The lowest BCUT2D eigenvalue weighted by Crippen LogP contribution is -2.42. The summed E-state index contributed by atoms with van der Waals surface area (Å²) in [6.07, 6.45) is 0.294. The van der Waals surface area contributed by atoms with Crippen molar-refractivity contribution in [3.8, 4) is 0 Å². The molecule has 0 saturated carbocycles. The lowest BCUT2D eigenvalue weighted by atomic mass is 10.1. The SMILES string of the molecule is CC(C)(C)NCC(O)CS(C)(=O)=O. The third-order valence-electron chi connectivity index (χ3n) is 1.36. The highest BCUT2D eigenvalue weighted by molar-refractivity contribution is 7.90. The van der Waals surface area contributed by atoms with Gasteiger partial charge in [-0.25, -0.2) is 8.42 Å². The summed E-state index contributed by atoms with van der Waals surface area (Å²) >= 11 is 0. The van der Waals surface area contributed by atoms with Crippen molar-refractivity contribution >= 4 is 9.84 Å². The number of aliphatic hydroxyl groups is 1. The Balaban J connectivity index is 3.84. The molecule has 1 atom stereocenters. The minimum atomic E-state index is -3.08. The zero-order valence-corrected chi connectivity index (χ0v) is 9.48. The zero-order chi connectivity index (χ0) is 10.7. The standard InChI is InChI=1S/C8H19NO3S/c1-8(2,3)9-5-7(10)6-13(4,11)12/h7,9-10H,5-6H2,1-4H3. The van der Waals surface area contributed by atoms with Crippen molar-refractivity contribution < 1.29 is 13.5 Å². The van der Waals surface area contributed by atoms with Crippen molar-refractivity contribution in [2.24, 2.45) is 0 Å². The molecular weight excluding hydrogens is 190 g/mol. The first kappa shape index (κ1) is 12.9. The molecule has 0 rings (SSSR count). The quantitative estimate of drug-likeness (QED) is 0.672. The second kappa shape index (κ2) is 4.39. The second-order valence-corrected chi connectivity index (χ2v) is 6.56. The molecule has 0 fully saturated rings. The summed E-state index contributed by atoms with van der Waals surface area (Å²) < 4.78 is 21.6. The van der Waals surface area contributed by atoms with Crippen molar-refractivity contribution in [2.75, 3.05) is 18.6 Å². The van der Waals surface area contributed by atoms with Crippen LogP contribution in [0, 0.1) is 0 Å². The molecule has 0 saturated heterocycles. The van der Waals surface area contributed by atoms with Gasteiger partial charge in [0.25, 0.3) is 0 Å². The highest BCUT2D eigenvalue weighted by Gasteiger charge is 2.15. The molecule has 0 heterocycles. The molecule has 0 spiro atoms. The van der Waals surface area contributed by atoms with Gasteiger partial charge in [-0.3, -0.25) is 0 Å². The van der Waals surface area contributed by atoms with E-state index in [0.29, 0.717) is 6.54 Å². The van der Waals surface area contributed by atoms with E-state index in [1.807, 2.05) is 20.8 Å². The van der Waals surface area contributed by atoms with Gasteiger partial charge in [0, 0.05) is 18.3 Å². The molecule has 0 aliphatic rings. The third-order valence-corrected chi connectivity index (χ3v) is 2.35. The van der Waals surface area contributed by atoms with Crippen LogP contribution < -0.4 is 5.32 Å². The molecule has 0 amide bonds. The Bertz CT molecular complexity index is 241. The van der Waals surface area contributed by atoms with Crippen LogP contribution >= 0.6 is 0 Å². The molecule has 0 aromatic rings. The van der Waals surface area contributed by atoms with Crippen LogP contribution in [0.4, 0.5) is 0 Å². The number of rotatable bonds is 4. The van der Waals surface area contributed by atoms with Gasteiger partial charge in [-0.1, -0.05) is 0 Å². The van der Waals surface area contributed by atoms with E-state index in [-0.39, 0.29) is 11.3 Å². The van der Waals surface area contributed by atoms with E-state index in [1.165, 1.54) is 0 Å². The predicted octanol–water partition coefficient (Wildman–Crippen LogP) is -0.220. The first-order chi connectivity index (χ1) is 5.60. The fourth-order valence-electron chi connectivity index (χ4n) is 0.832. The Morgan fingerprint density at radius 2 is 1.85 bits per heavy atom. The molecule has 0 aliphatic heterocycles. The molecule has 1 unspecified atom stereocenters. The van der Waals surface area contributed by atoms with Gasteiger partial charge < -0.3 is 10.4 Å². The van der Waals surface area contributed by atoms with E-state index in [4.69, 9.17) is 0 Å². The largest absolute Gasteiger partial charge is 0.391 e. The smallest absolute Gasteiger partial charge is 0.150 e. The Hall–Kier alpha value is -0.130. The molecule has 13 heavy (non-hydrogen) atoms. The lowest BCUT2D eigenvalue weighted by Gasteiger charge is -2.22. The summed E-state index contributed by atoms with van der Waals surface area (Å²) in [5.74, 6) is -0.184. The summed E-state index contributed by atoms with van der Waals surface area (Å²) in [6.45, 7) is 6.18. The normalized spacial score (nSPS) is 15.8. The monoisotopic (exact) mass is 209 g/mol. The maximum atomic E-state index is 10.8. The topological polar surface area (TPSA) is 66.4 Å². The lowest BCUT2D eigenvalue weighted by molar-refractivity contribution is 0.181. The summed E-state index contributed by atoms with van der Waals surface area (Å²) in [6, 6.07) is 0. The zero-order valence-electron chi connectivity index (χ0n) is 8.66. The first-order valence-corrected chi connectivity index (χ1v) is 6.27. The molecular formula is C8H19NO3S. The molecule has 80 valence electrons. The van der Waals surface area contributed by atoms with Gasteiger partial charge in [-0.2, -0.15) is 0 Å². The Morgan fingerprint density at radius 1 is 1.38 bits per heavy atom. The van der Waals surface area contributed by atoms with Crippen LogP contribution in [-0.2, 0) is 9.84 Å². The third kappa shape index (κ3) is 9.79. The minimum absolute atomic E-state index is 0.0987. The van der Waals surface area contributed by atoms with Gasteiger partial charge in [0.05, 0.1) is 11.9 Å². The number of aliphatic hydroxyl groups excluding tert-OH is 1. The van der Waals surface area contributed by atoms with Crippen LogP contribution in [0.25, 0.3) is 0 Å². The average molecular weight is 209 g/mol. The maximum absolute atomic E-state index is 10.8. The second-order valence-electron chi connectivity index (χ2n) is 4.38. The molecule has 0 aromatic heterocycles. The summed E-state index contributed by atoms with van der Waals surface area (Å²) in [7, 11) is -3.08. The van der Waals surface area contributed by atoms with E-state index < -0.39 is 15.9 Å². The number of nitrogens with one attached hydrogen (secondary N) is 1. The van der Waals surface area contributed by atoms with Crippen LogP contribution in [0.3, 0.4) is 0 Å². The fourth-order valence-corrected chi connectivity index (χ4v) is 1.65. The van der Waals surface area contributed by atoms with Gasteiger partial charge in [-0.05, 0) is 20.8 Å². The first-order valence-electron chi connectivity index (χ1n) is 4.21. The fraction of sp³-hybridized carbons (Fsp3) is 1.00. The van der Waals surface area contributed by atoms with E-state index in [1.54, 1.807) is 0 Å². The van der Waals surface area contributed by atoms with Crippen LogP contribution in [0.2, 0.25) is 0 Å². The molecule has 0 aromatic carbocycles. The van der Waals surface area contributed by atoms with Gasteiger partial charge >= 0.3 is 0 Å². The summed E-state index contributed by atoms with van der Waals surface area (Å²) in [5.41, 5.74) is -0.0987. The highest BCUT2D eigenvalue weighted by Crippen LogP contribution is 1.99. The van der Waals surface area contributed by atoms with Crippen LogP contribution in [0.15, 0.2) is 0 Å². The predicted molar refractivity (Wildman–Crippen MR) is 53.5 cm³/mol. The van der Waals surface area contributed by atoms with E-state index in [0.717, 1.165) is 6.26 Å². The molecule has 0 radical (unpaired) electrons. The van der Waals surface area contributed by atoms with Gasteiger partial charge in [0.1, 0.15) is 9.84 Å². The molecule has 0 aliphatic carbocycles. The van der Waals surface area contributed by atoms with Crippen molar-refractivity contribution in [1.29, 1.82) is 0 Å². The van der Waals surface area contributed by atoms with Gasteiger partial charge in [0.15, 0.2) is 0 Å². The van der Waals surface area contributed by atoms with Crippen molar-refractivity contribution in [1.82, 2.24) is 5.32 Å². The minimum Gasteiger partial charge on any atom is -0.391 e. The number of β-amino-alcohol motifs (C(OH)–C–C–N with tert-alkyl or cyclic N) is 1. The summed E-state index contributed by atoms with van der Waals surface area (Å²) in [4.78, 5) is 0. The van der Waals surface area contributed by atoms with Crippen LogP contribution in [0.5, 0.6) is 0 Å². The summed E-state index contributed by atoms with van der Waals surface area (Å²) in [5, 5.41) is 12.3. The number of sulfone groups is 1. The van der Waals surface area contributed by atoms with Crippen LogP contribution in [0.1, 0.15) is 20.8 Å². The number of hydrogen-bond donors (Lipinski definition) is 2. The molecule has 4 nitrogen and oxygen atoms in total. The molecule has 0 bridgehead atoms. The Morgan fingerprint density at radius 3 is 2.15 bits per heavy atom.